The number of esters is 1. The van der Waals surface area contributed by atoms with Crippen LogP contribution in [0.1, 0.15) is 25.3 Å². The van der Waals surface area contributed by atoms with Crippen LogP contribution in [0.15, 0.2) is 66.7 Å². The lowest BCUT2D eigenvalue weighted by atomic mass is 9.91. The standard InChI is InChI=1S/C25H21F6NO3/c1-23(2)19(11-12-20(33)35-22(24(26,27)28)25(29,30)31)21(23)18(14-32)15-7-6-10-17(13-15)34-16-8-4-3-5-9-16/h3-13,18-19,21-22H,1-2H3/t18-,19-,21+/m1/s1. The molecule has 35 heavy (non-hydrogen) atoms. The molecule has 3 atom stereocenters. The summed E-state index contributed by atoms with van der Waals surface area (Å²) < 4.78 is 85.1. The Kier molecular flexibility index (Phi) is 7.20. The van der Waals surface area contributed by atoms with Gasteiger partial charge in [-0.15, -0.1) is 0 Å². The summed E-state index contributed by atoms with van der Waals surface area (Å²) in [4.78, 5) is 11.7. The van der Waals surface area contributed by atoms with Gasteiger partial charge in [0.1, 0.15) is 11.5 Å². The molecule has 0 bridgehead atoms. The summed E-state index contributed by atoms with van der Waals surface area (Å²) >= 11 is 0. The number of rotatable bonds is 7. The average molecular weight is 497 g/mol. The number of benzene rings is 2. The maximum atomic E-state index is 12.6. The maximum Gasteiger partial charge on any atom is 0.434 e. The monoisotopic (exact) mass is 497 g/mol. The first-order valence-corrected chi connectivity index (χ1v) is 10.5. The maximum absolute atomic E-state index is 12.6. The highest BCUT2D eigenvalue weighted by Gasteiger charge is 2.61. The Morgan fingerprint density at radius 3 is 2.17 bits per heavy atom. The van der Waals surface area contributed by atoms with Gasteiger partial charge in [-0.2, -0.15) is 31.6 Å². The molecule has 186 valence electrons. The fourth-order valence-electron chi connectivity index (χ4n) is 4.14. The van der Waals surface area contributed by atoms with E-state index in [4.69, 9.17) is 4.74 Å². The lowest BCUT2D eigenvalue weighted by Crippen LogP contribution is -2.45. The zero-order valence-corrected chi connectivity index (χ0v) is 18.6. The van der Waals surface area contributed by atoms with Crippen molar-refractivity contribution in [1.82, 2.24) is 0 Å². The van der Waals surface area contributed by atoms with Gasteiger partial charge in [-0.3, -0.25) is 0 Å². The number of nitrogens with zero attached hydrogens (tertiary/aromatic N) is 1. The Hall–Kier alpha value is -3.48. The van der Waals surface area contributed by atoms with Crippen LogP contribution in [0.3, 0.4) is 0 Å². The third kappa shape index (κ3) is 6.15. The van der Waals surface area contributed by atoms with Crippen LogP contribution in [-0.2, 0) is 9.53 Å². The van der Waals surface area contributed by atoms with Gasteiger partial charge in [-0.05, 0) is 47.1 Å². The lowest BCUT2D eigenvalue weighted by Gasteiger charge is -2.22. The van der Waals surface area contributed by atoms with Crippen LogP contribution in [0.5, 0.6) is 11.5 Å². The fraction of sp³-hybridized carbons (Fsp3) is 0.360. The highest BCUT2D eigenvalue weighted by Crippen LogP contribution is 2.64. The molecule has 10 heteroatoms. The molecule has 0 saturated heterocycles. The molecule has 1 aliphatic rings. The number of nitriles is 1. The third-order valence-electron chi connectivity index (χ3n) is 5.96. The van der Waals surface area contributed by atoms with Crippen molar-refractivity contribution < 1.29 is 40.6 Å². The zero-order valence-electron chi connectivity index (χ0n) is 18.6. The van der Waals surface area contributed by atoms with E-state index in [0.717, 1.165) is 0 Å². The molecule has 0 radical (unpaired) electrons. The van der Waals surface area contributed by atoms with Crippen LogP contribution in [-0.4, -0.2) is 24.4 Å². The van der Waals surface area contributed by atoms with Crippen molar-refractivity contribution in [3.8, 4) is 17.6 Å². The minimum atomic E-state index is -5.79. The molecule has 2 aromatic rings. The molecule has 0 amide bonds. The number of para-hydroxylation sites is 1. The molecular formula is C25H21F6NO3. The van der Waals surface area contributed by atoms with Crippen LogP contribution in [0.2, 0.25) is 0 Å². The summed E-state index contributed by atoms with van der Waals surface area (Å²) in [5.41, 5.74) is 0.0904. The number of hydrogen-bond acceptors (Lipinski definition) is 4. The van der Waals surface area contributed by atoms with E-state index in [1.165, 1.54) is 6.08 Å². The summed E-state index contributed by atoms with van der Waals surface area (Å²) in [5.74, 6) is -2.13. The Labute approximate surface area is 197 Å². The van der Waals surface area contributed by atoms with Gasteiger partial charge in [-0.1, -0.05) is 50.3 Å². The SMILES string of the molecule is CC1(C)[C@@H]([C@H](C#N)c2cccc(Oc3ccccc3)c2)[C@H]1C=CC(=O)OC(C(F)(F)F)C(F)(F)F. The molecule has 0 aromatic heterocycles. The minimum Gasteiger partial charge on any atom is -0.457 e. The third-order valence-corrected chi connectivity index (χ3v) is 5.96. The largest absolute Gasteiger partial charge is 0.457 e. The number of ether oxygens (including phenoxy) is 2. The molecule has 1 aliphatic carbocycles. The smallest absolute Gasteiger partial charge is 0.434 e. The van der Waals surface area contributed by atoms with Crippen molar-refractivity contribution in [1.29, 1.82) is 5.26 Å². The average Bonchev–Trinajstić information content (AvgIpc) is 3.30. The molecule has 0 N–H and O–H groups in total. The van der Waals surface area contributed by atoms with Crippen molar-refractivity contribution >= 4 is 5.97 Å². The summed E-state index contributed by atoms with van der Waals surface area (Å²) in [6.45, 7) is 3.59. The van der Waals surface area contributed by atoms with Gasteiger partial charge in [0.05, 0.1) is 12.0 Å². The van der Waals surface area contributed by atoms with Crippen molar-refractivity contribution in [2.45, 2.75) is 38.2 Å². The van der Waals surface area contributed by atoms with Crippen LogP contribution in [0.4, 0.5) is 26.3 Å². The zero-order chi connectivity index (χ0) is 26.0. The first-order chi connectivity index (χ1) is 16.2. The number of allylic oxidation sites excluding steroid dienone is 1. The highest BCUT2D eigenvalue weighted by atomic mass is 19.4. The molecule has 0 heterocycles. The minimum absolute atomic E-state index is 0.343. The van der Waals surface area contributed by atoms with Gasteiger partial charge in [0, 0.05) is 6.08 Å². The van der Waals surface area contributed by atoms with Crippen molar-refractivity contribution in [3.05, 3.63) is 72.3 Å². The molecule has 0 unspecified atom stereocenters. The van der Waals surface area contributed by atoms with Crippen molar-refractivity contribution in [2.75, 3.05) is 0 Å². The number of hydrogen-bond donors (Lipinski definition) is 0. The van der Waals surface area contributed by atoms with Gasteiger partial charge in [-0.25, -0.2) is 4.79 Å². The molecule has 1 saturated carbocycles. The molecule has 4 nitrogen and oxygen atoms in total. The number of carbonyl (C=O) groups is 1. The van der Waals surface area contributed by atoms with Crippen LogP contribution >= 0.6 is 0 Å². The van der Waals surface area contributed by atoms with Gasteiger partial charge >= 0.3 is 18.3 Å². The Morgan fingerprint density at radius 2 is 1.60 bits per heavy atom. The predicted octanol–water partition coefficient (Wildman–Crippen LogP) is 6.95. The molecule has 2 aromatic carbocycles. The molecule has 1 fully saturated rings. The number of carbonyl (C=O) groups excluding carboxylic acids is 1. The summed E-state index contributed by atoms with van der Waals surface area (Å²) in [5, 5.41) is 9.84. The van der Waals surface area contributed by atoms with E-state index in [9.17, 15) is 36.4 Å². The molecule has 0 aliphatic heterocycles. The lowest BCUT2D eigenvalue weighted by molar-refractivity contribution is -0.312. The highest BCUT2D eigenvalue weighted by molar-refractivity contribution is 5.82. The van der Waals surface area contributed by atoms with Crippen molar-refractivity contribution in [2.24, 2.45) is 17.3 Å². The van der Waals surface area contributed by atoms with E-state index in [2.05, 4.69) is 10.8 Å². The van der Waals surface area contributed by atoms with Crippen LogP contribution < -0.4 is 4.74 Å². The molecule has 3 rings (SSSR count). The Bertz CT molecular complexity index is 1100. The molecule has 0 spiro atoms. The van der Waals surface area contributed by atoms with E-state index in [1.807, 2.05) is 6.07 Å². The van der Waals surface area contributed by atoms with Gasteiger partial charge in [0.15, 0.2) is 0 Å². The molecular weight excluding hydrogens is 476 g/mol. The van der Waals surface area contributed by atoms with Gasteiger partial charge < -0.3 is 9.47 Å². The summed E-state index contributed by atoms with van der Waals surface area (Å²) in [6.07, 6.45) is -14.0. The second-order valence-corrected chi connectivity index (χ2v) is 8.73. The van der Waals surface area contributed by atoms with Gasteiger partial charge in [0.2, 0.25) is 0 Å². The fourth-order valence-corrected chi connectivity index (χ4v) is 4.14. The van der Waals surface area contributed by atoms with E-state index in [0.29, 0.717) is 23.1 Å². The Morgan fingerprint density at radius 1 is 1.00 bits per heavy atom. The van der Waals surface area contributed by atoms with Crippen LogP contribution in [0, 0.1) is 28.6 Å². The normalized spacial score (nSPS) is 20.3. The number of alkyl halides is 6. The van der Waals surface area contributed by atoms with E-state index in [1.54, 1.807) is 62.4 Å². The Balaban J connectivity index is 1.73. The number of halogens is 6. The van der Waals surface area contributed by atoms with Crippen molar-refractivity contribution in [3.63, 3.8) is 0 Å². The summed E-state index contributed by atoms with van der Waals surface area (Å²) in [7, 11) is 0. The summed E-state index contributed by atoms with van der Waals surface area (Å²) in [6, 6.07) is 18.0. The second-order valence-electron chi connectivity index (χ2n) is 8.73. The van der Waals surface area contributed by atoms with E-state index >= 15 is 0 Å². The van der Waals surface area contributed by atoms with Crippen LogP contribution in [0.25, 0.3) is 0 Å². The first kappa shape index (κ1) is 26.1. The van der Waals surface area contributed by atoms with E-state index in [-0.39, 0.29) is 5.92 Å². The topological polar surface area (TPSA) is 59.3 Å². The predicted molar refractivity (Wildman–Crippen MR) is 113 cm³/mol. The van der Waals surface area contributed by atoms with E-state index < -0.39 is 41.7 Å². The van der Waals surface area contributed by atoms with Gasteiger partial charge in [0.25, 0.3) is 6.10 Å². The first-order valence-electron chi connectivity index (χ1n) is 10.5. The quantitative estimate of drug-likeness (QED) is 0.236. The second kappa shape index (κ2) is 9.64.